The minimum Gasteiger partial charge on any atom is -0.246 e. The molecular weight excluding hydrogens is 174 g/mol. The van der Waals surface area contributed by atoms with Crippen molar-refractivity contribution in [1.82, 2.24) is 4.98 Å². The van der Waals surface area contributed by atoms with Gasteiger partial charge in [-0.25, -0.2) is 4.98 Å². The molecule has 0 aromatic carbocycles. The van der Waals surface area contributed by atoms with Crippen molar-refractivity contribution in [2.24, 2.45) is 0 Å². The van der Waals surface area contributed by atoms with Crippen LogP contribution in [0.15, 0.2) is 5.38 Å². The molecule has 1 aromatic heterocycles. The van der Waals surface area contributed by atoms with Gasteiger partial charge < -0.3 is 0 Å². The number of hydrogen-bond donors (Lipinski definition) is 0. The fraction of sp³-hybridized carbons (Fsp3) is 0.625. The highest BCUT2D eigenvalue weighted by molar-refractivity contribution is 7.99. The lowest BCUT2D eigenvalue weighted by molar-refractivity contribution is 1.10. The number of thiazole rings is 1. The second kappa shape index (κ2) is 4.12. The third-order valence-corrected chi connectivity index (χ3v) is 3.46. The van der Waals surface area contributed by atoms with Crippen LogP contribution in [-0.2, 0) is 5.75 Å². The number of hydrogen-bond acceptors (Lipinski definition) is 3. The van der Waals surface area contributed by atoms with E-state index in [1.807, 2.05) is 18.7 Å². The van der Waals surface area contributed by atoms with Crippen LogP contribution in [0, 0.1) is 6.92 Å². The van der Waals surface area contributed by atoms with Crippen LogP contribution in [0.5, 0.6) is 0 Å². The standard InChI is InChI=1S/C8H13NS2/c1-6(2)10-5-8-9-7(3)4-11-8/h4,6H,5H2,1-3H3. The molecule has 0 aliphatic heterocycles. The summed E-state index contributed by atoms with van der Waals surface area (Å²) in [6.45, 7) is 6.47. The van der Waals surface area contributed by atoms with E-state index in [1.54, 1.807) is 11.3 Å². The fourth-order valence-electron chi connectivity index (χ4n) is 0.707. The van der Waals surface area contributed by atoms with E-state index in [2.05, 4.69) is 24.2 Å². The first-order valence-electron chi connectivity index (χ1n) is 3.71. The lowest BCUT2D eigenvalue weighted by Crippen LogP contribution is -1.87. The molecule has 0 N–H and O–H groups in total. The van der Waals surface area contributed by atoms with E-state index in [4.69, 9.17) is 0 Å². The second-order valence-electron chi connectivity index (χ2n) is 2.74. The van der Waals surface area contributed by atoms with Crippen LogP contribution in [0.3, 0.4) is 0 Å². The number of aromatic nitrogens is 1. The van der Waals surface area contributed by atoms with E-state index in [9.17, 15) is 0 Å². The highest BCUT2D eigenvalue weighted by Gasteiger charge is 1.99. The van der Waals surface area contributed by atoms with Crippen molar-refractivity contribution in [1.29, 1.82) is 0 Å². The summed E-state index contributed by atoms with van der Waals surface area (Å²) >= 11 is 3.71. The van der Waals surface area contributed by atoms with Crippen molar-refractivity contribution in [2.45, 2.75) is 31.8 Å². The van der Waals surface area contributed by atoms with Crippen LogP contribution >= 0.6 is 23.1 Å². The van der Waals surface area contributed by atoms with E-state index in [0.29, 0.717) is 5.25 Å². The summed E-state index contributed by atoms with van der Waals surface area (Å²) in [7, 11) is 0. The molecule has 1 nitrogen and oxygen atoms in total. The Hall–Kier alpha value is -0.0200. The van der Waals surface area contributed by atoms with Crippen LogP contribution < -0.4 is 0 Å². The highest BCUT2D eigenvalue weighted by Crippen LogP contribution is 2.19. The monoisotopic (exact) mass is 187 g/mol. The average Bonchev–Trinajstić information content (AvgIpc) is 2.31. The zero-order valence-electron chi connectivity index (χ0n) is 7.13. The molecule has 1 aromatic rings. The smallest absolute Gasteiger partial charge is 0.103 e. The summed E-state index contributed by atoms with van der Waals surface area (Å²) in [5.41, 5.74) is 1.15. The molecule has 0 saturated carbocycles. The Kier molecular flexibility index (Phi) is 3.40. The molecule has 0 saturated heterocycles. The highest BCUT2D eigenvalue weighted by atomic mass is 32.2. The van der Waals surface area contributed by atoms with Crippen LogP contribution in [-0.4, -0.2) is 10.2 Å². The van der Waals surface area contributed by atoms with E-state index in [0.717, 1.165) is 11.4 Å². The fourth-order valence-corrected chi connectivity index (χ4v) is 2.28. The zero-order valence-corrected chi connectivity index (χ0v) is 8.76. The molecule has 1 heterocycles. The molecule has 0 radical (unpaired) electrons. The van der Waals surface area contributed by atoms with Gasteiger partial charge in [0.15, 0.2) is 0 Å². The predicted octanol–water partition coefficient (Wildman–Crippen LogP) is 3.09. The molecule has 0 aliphatic rings. The number of aryl methyl sites for hydroxylation is 1. The van der Waals surface area contributed by atoms with E-state index < -0.39 is 0 Å². The Labute approximate surface area is 76.2 Å². The Morgan fingerprint density at radius 3 is 2.82 bits per heavy atom. The minimum atomic E-state index is 0.708. The van der Waals surface area contributed by atoms with Crippen molar-refractivity contribution < 1.29 is 0 Å². The molecule has 0 amide bonds. The largest absolute Gasteiger partial charge is 0.246 e. The normalized spacial score (nSPS) is 10.9. The molecule has 0 atom stereocenters. The number of nitrogens with zero attached hydrogens (tertiary/aromatic N) is 1. The molecular formula is C8H13NS2. The molecule has 62 valence electrons. The van der Waals surface area contributed by atoms with Crippen LogP contribution in [0.2, 0.25) is 0 Å². The summed E-state index contributed by atoms with van der Waals surface area (Å²) in [5, 5.41) is 4.07. The molecule has 0 spiro atoms. The Morgan fingerprint density at radius 1 is 1.64 bits per heavy atom. The lowest BCUT2D eigenvalue weighted by atomic mass is 10.6. The van der Waals surface area contributed by atoms with E-state index in [1.165, 1.54) is 5.01 Å². The maximum absolute atomic E-state index is 4.38. The van der Waals surface area contributed by atoms with Gasteiger partial charge in [0.2, 0.25) is 0 Å². The molecule has 0 unspecified atom stereocenters. The van der Waals surface area contributed by atoms with Gasteiger partial charge in [-0.1, -0.05) is 13.8 Å². The summed E-state index contributed by atoms with van der Waals surface area (Å²) in [6, 6.07) is 0. The predicted molar refractivity (Wildman–Crippen MR) is 53.3 cm³/mol. The Morgan fingerprint density at radius 2 is 2.36 bits per heavy atom. The van der Waals surface area contributed by atoms with Crippen molar-refractivity contribution >= 4 is 23.1 Å². The van der Waals surface area contributed by atoms with Gasteiger partial charge in [-0.3, -0.25) is 0 Å². The molecule has 3 heteroatoms. The van der Waals surface area contributed by atoms with Gasteiger partial charge in [0.1, 0.15) is 5.01 Å². The SMILES string of the molecule is Cc1csc(CSC(C)C)n1. The molecule has 0 bridgehead atoms. The molecule has 0 fully saturated rings. The number of thioether (sulfide) groups is 1. The van der Waals surface area contributed by atoms with Gasteiger partial charge in [0.05, 0.1) is 0 Å². The minimum absolute atomic E-state index is 0.708. The van der Waals surface area contributed by atoms with E-state index in [-0.39, 0.29) is 0 Å². The summed E-state index contributed by atoms with van der Waals surface area (Å²) in [4.78, 5) is 4.38. The van der Waals surface area contributed by atoms with Gasteiger partial charge in [0.25, 0.3) is 0 Å². The van der Waals surface area contributed by atoms with Crippen molar-refractivity contribution in [3.8, 4) is 0 Å². The van der Waals surface area contributed by atoms with Crippen molar-refractivity contribution in [3.63, 3.8) is 0 Å². The quantitative estimate of drug-likeness (QED) is 0.721. The van der Waals surface area contributed by atoms with Crippen LogP contribution in [0.25, 0.3) is 0 Å². The van der Waals surface area contributed by atoms with Gasteiger partial charge in [-0.15, -0.1) is 11.3 Å². The van der Waals surface area contributed by atoms with Gasteiger partial charge in [-0.2, -0.15) is 11.8 Å². The average molecular weight is 187 g/mol. The van der Waals surface area contributed by atoms with Crippen molar-refractivity contribution in [3.05, 3.63) is 16.1 Å². The zero-order chi connectivity index (χ0) is 8.27. The summed E-state index contributed by atoms with van der Waals surface area (Å²) in [6.07, 6.45) is 0. The van der Waals surface area contributed by atoms with Gasteiger partial charge in [0, 0.05) is 16.8 Å². The second-order valence-corrected chi connectivity index (χ2v) is 5.25. The summed E-state index contributed by atoms with van der Waals surface area (Å²) in [5.74, 6) is 1.07. The first kappa shape index (κ1) is 9.07. The number of rotatable bonds is 3. The van der Waals surface area contributed by atoms with Gasteiger partial charge in [-0.05, 0) is 12.2 Å². The maximum Gasteiger partial charge on any atom is 0.103 e. The lowest BCUT2D eigenvalue weighted by Gasteiger charge is -2.00. The van der Waals surface area contributed by atoms with Crippen molar-refractivity contribution in [2.75, 3.05) is 0 Å². The molecule has 0 aliphatic carbocycles. The summed E-state index contributed by atoms with van der Waals surface area (Å²) < 4.78 is 0. The third kappa shape index (κ3) is 3.25. The van der Waals surface area contributed by atoms with E-state index >= 15 is 0 Å². The topological polar surface area (TPSA) is 12.9 Å². The van der Waals surface area contributed by atoms with Crippen LogP contribution in [0.1, 0.15) is 24.5 Å². The first-order chi connectivity index (χ1) is 5.18. The Balaban J connectivity index is 2.39. The first-order valence-corrected chi connectivity index (χ1v) is 5.64. The molecule has 1 rings (SSSR count). The maximum atomic E-state index is 4.38. The van der Waals surface area contributed by atoms with Gasteiger partial charge >= 0.3 is 0 Å². The molecule has 11 heavy (non-hydrogen) atoms. The third-order valence-electron chi connectivity index (χ3n) is 1.21. The van der Waals surface area contributed by atoms with Crippen LogP contribution in [0.4, 0.5) is 0 Å². The Bertz CT molecular complexity index is 218.